The Balaban J connectivity index is 1.70. The van der Waals surface area contributed by atoms with Gasteiger partial charge in [-0.25, -0.2) is 17.9 Å². The molecule has 140 valence electrons. The third-order valence-electron chi connectivity index (χ3n) is 5.73. The number of rotatable bonds is 2. The zero-order valence-electron chi connectivity index (χ0n) is 14.6. The van der Waals surface area contributed by atoms with E-state index < -0.39 is 27.3 Å². The quantitative estimate of drug-likeness (QED) is 0.791. The number of benzene rings is 2. The maximum Gasteiger partial charge on any atom is 0.245 e. The van der Waals surface area contributed by atoms with Gasteiger partial charge in [0.1, 0.15) is 5.82 Å². The van der Waals surface area contributed by atoms with Crippen LogP contribution in [0.2, 0.25) is 0 Å². The third-order valence-corrected chi connectivity index (χ3v) is 7.63. The molecule has 27 heavy (non-hydrogen) atoms. The van der Waals surface area contributed by atoms with Crippen molar-refractivity contribution in [1.82, 2.24) is 4.31 Å². The van der Waals surface area contributed by atoms with E-state index in [1.165, 1.54) is 33.6 Å². The average molecular weight is 388 g/mol. The average Bonchev–Trinajstić information content (AvgIpc) is 3.25. The summed E-state index contributed by atoms with van der Waals surface area (Å²) >= 11 is 0. The van der Waals surface area contributed by atoms with Crippen LogP contribution < -0.4 is 5.06 Å². The maximum absolute atomic E-state index is 14.4. The second-order valence-electron chi connectivity index (χ2n) is 7.16. The molecule has 0 aromatic heterocycles. The Morgan fingerprint density at radius 2 is 1.93 bits per heavy atom. The summed E-state index contributed by atoms with van der Waals surface area (Å²) in [6.07, 6.45) is 0.475. The molecule has 0 unspecified atom stereocenters. The van der Waals surface area contributed by atoms with Crippen LogP contribution in [0.3, 0.4) is 0 Å². The number of halogens is 1. The first-order chi connectivity index (χ1) is 12.9. The van der Waals surface area contributed by atoms with Gasteiger partial charge in [0.05, 0.1) is 22.8 Å². The number of sulfonamides is 1. The molecule has 0 amide bonds. The van der Waals surface area contributed by atoms with Crippen LogP contribution in [-0.4, -0.2) is 37.3 Å². The number of fused-ring (bicyclic) bond motifs is 2. The van der Waals surface area contributed by atoms with Gasteiger partial charge in [0, 0.05) is 12.5 Å². The number of carbonyl (C=O) groups is 1. The molecule has 0 aliphatic carbocycles. The van der Waals surface area contributed by atoms with Crippen LogP contribution in [0.15, 0.2) is 47.4 Å². The summed E-state index contributed by atoms with van der Waals surface area (Å²) in [6, 6.07) is 10.8. The van der Waals surface area contributed by atoms with Crippen molar-refractivity contribution in [1.29, 1.82) is 0 Å². The van der Waals surface area contributed by atoms with Crippen LogP contribution in [0.1, 0.15) is 22.3 Å². The van der Waals surface area contributed by atoms with E-state index in [4.69, 9.17) is 4.84 Å². The van der Waals surface area contributed by atoms with Gasteiger partial charge in [0.15, 0.2) is 0 Å². The van der Waals surface area contributed by atoms with Crippen molar-refractivity contribution >= 4 is 21.5 Å². The molecule has 0 bridgehead atoms. The van der Waals surface area contributed by atoms with Gasteiger partial charge in [-0.3, -0.25) is 9.63 Å². The van der Waals surface area contributed by atoms with Gasteiger partial charge in [0.25, 0.3) is 0 Å². The number of carbonyl (C=O) groups excluding carboxylic acids is 1. The lowest BCUT2D eigenvalue weighted by molar-refractivity contribution is 0.0686. The highest BCUT2D eigenvalue weighted by Crippen LogP contribution is 2.54. The van der Waals surface area contributed by atoms with Crippen LogP contribution in [0.5, 0.6) is 0 Å². The molecule has 1 spiro atoms. The smallest absolute Gasteiger partial charge is 0.245 e. The molecule has 0 radical (unpaired) electrons. The molecule has 3 aliphatic heterocycles. The van der Waals surface area contributed by atoms with Gasteiger partial charge in [0.2, 0.25) is 21.5 Å². The number of hydroxylamine groups is 1. The maximum atomic E-state index is 14.4. The van der Waals surface area contributed by atoms with E-state index in [1.807, 2.05) is 6.92 Å². The normalized spacial score (nSPS) is 27.0. The van der Waals surface area contributed by atoms with Crippen molar-refractivity contribution < 1.29 is 22.4 Å². The molecule has 6 nitrogen and oxygen atoms in total. The van der Waals surface area contributed by atoms with E-state index in [2.05, 4.69) is 0 Å². The number of anilines is 1. The summed E-state index contributed by atoms with van der Waals surface area (Å²) < 4.78 is 42.4. The number of hydrogen-bond donors (Lipinski definition) is 0. The van der Waals surface area contributed by atoms with Crippen LogP contribution in [0, 0.1) is 18.7 Å². The lowest BCUT2D eigenvalue weighted by atomic mass is 9.91. The van der Waals surface area contributed by atoms with E-state index in [-0.39, 0.29) is 35.2 Å². The molecule has 0 N–H and O–H groups in total. The second kappa shape index (κ2) is 5.37. The molecule has 2 saturated heterocycles. The SMILES string of the molecule is Cc1ccc(S(=O)(=O)N2CC[C@@H]3CON4c5cccc(F)c5C(=O)[C@@]342)cc1. The lowest BCUT2D eigenvalue weighted by Crippen LogP contribution is -2.60. The predicted molar refractivity (Wildman–Crippen MR) is 95.1 cm³/mol. The summed E-state index contributed by atoms with van der Waals surface area (Å²) in [5.41, 5.74) is -0.431. The molecule has 2 fully saturated rings. The molecule has 5 rings (SSSR count). The Hall–Kier alpha value is -2.29. The van der Waals surface area contributed by atoms with E-state index in [0.717, 1.165) is 5.56 Å². The molecule has 2 atom stereocenters. The van der Waals surface area contributed by atoms with Gasteiger partial charge >= 0.3 is 0 Å². The minimum absolute atomic E-state index is 0.104. The van der Waals surface area contributed by atoms with Gasteiger partial charge in [-0.15, -0.1) is 0 Å². The number of Topliss-reactive ketones (excluding diaryl/α,β-unsaturated/α-hetero) is 1. The third kappa shape index (κ3) is 1.95. The van der Waals surface area contributed by atoms with E-state index in [9.17, 15) is 17.6 Å². The summed E-state index contributed by atoms with van der Waals surface area (Å²) in [5.74, 6) is -1.56. The Labute approximate surface area is 156 Å². The summed E-state index contributed by atoms with van der Waals surface area (Å²) in [4.78, 5) is 19.2. The summed E-state index contributed by atoms with van der Waals surface area (Å²) in [7, 11) is -3.97. The highest BCUT2D eigenvalue weighted by molar-refractivity contribution is 7.89. The van der Waals surface area contributed by atoms with Crippen molar-refractivity contribution in [3.05, 3.63) is 59.4 Å². The minimum atomic E-state index is -3.97. The van der Waals surface area contributed by atoms with Crippen LogP contribution in [0.4, 0.5) is 10.1 Å². The largest absolute Gasteiger partial charge is 0.290 e. The fourth-order valence-corrected chi connectivity index (χ4v) is 6.21. The van der Waals surface area contributed by atoms with Crippen molar-refractivity contribution in [2.24, 2.45) is 5.92 Å². The van der Waals surface area contributed by atoms with Gasteiger partial charge in [-0.05, 0) is 37.6 Å². The second-order valence-corrected chi connectivity index (χ2v) is 9.02. The van der Waals surface area contributed by atoms with Crippen LogP contribution >= 0.6 is 0 Å². The Morgan fingerprint density at radius 1 is 1.19 bits per heavy atom. The topological polar surface area (TPSA) is 66.9 Å². The highest BCUT2D eigenvalue weighted by Gasteiger charge is 2.70. The molecular weight excluding hydrogens is 371 g/mol. The van der Waals surface area contributed by atoms with Crippen molar-refractivity contribution in [3.8, 4) is 0 Å². The Kier molecular flexibility index (Phi) is 3.35. The van der Waals surface area contributed by atoms with Gasteiger partial charge < -0.3 is 0 Å². The molecular formula is C19H17FN2O4S. The number of aryl methyl sites for hydroxylation is 1. The van der Waals surface area contributed by atoms with E-state index in [1.54, 1.807) is 18.2 Å². The Morgan fingerprint density at radius 3 is 2.67 bits per heavy atom. The number of ketones is 1. The van der Waals surface area contributed by atoms with Gasteiger partial charge in [-0.1, -0.05) is 23.8 Å². The zero-order chi connectivity index (χ0) is 19.0. The predicted octanol–water partition coefficient (Wildman–Crippen LogP) is 2.49. The molecule has 0 saturated carbocycles. The molecule has 8 heteroatoms. The van der Waals surface area contributed by atoms with E-state index in [0.29, 0.717) is 6.42 Å². The first kappa shape index (κ1) is 16.9. The van der Waals surface area contributed by atoms with Crippen LogP contribution in [-0.2, 0) is 14.9 Å². The number of hydrogen-bond acceptors (Lipinski definition) is 5. The van der Waals surface area contributed by atoms with Crippen LogP contribution in [0.25, 0.3) is 0 Å². The lowest BCUT2D eigenvalue weighted by Gasteiger charge is -2.36. The molecule has 3 aliphatic rings. The fraction of sp³-hybridized carbons (Fsp3) is 0.316. The molecule has 3 heterocycles. The summed E-state index contributed by atoms with van der Waals surface area (Å²) in [6.45, 7) is 2.27. The number of nitrogens with zero attached hydrogens (tertiary/aromatic N) is 2. The monoisotopic (exact) mass is 388 g/mol. The first-order valence-corrected chi connectivity index (χ1v) is 10.2. The standard InChI is InChI=1S/C19H17FN2O4S/c1-12-5-7-14(8-6-12)27(24,25)21-10-9-13-11-26-22-16-4-2-3-15(20)17(16)18(23)19(13,21)22/h2-8,13H,9-11H2,1H3/t13-,19-/m1/s1. The fourth-order valence-electron chi connectivity index (χ4n) is 4.45. The highest BCUT2D eigenvalue weighted by atomic mass is 32.2. The van der Waals surface area contributed by atoms with E-state index >= 15 is 0 Å². The van der Waals surface area contributed by atoms with Crippen molar-refractivity contribution in [3.63, 3.8) is 0 Å². The minimum Gasteiger partial charge on any atom is -0.290 e. The summed E-state index contributed by atoms with van der Waals surface area (Å²) in [5, 5.41) is 1.32. The first-order valence-electron chi connectivity index (χ1n) is 8.74. The molecule has 2 aromatic rings. The zero-order valence-corrected chi connectivity index (χ0v) is 15.4. The van der Waals surface area contributed by atoms with Crippen molar-refractivity contribution in [2.75, 3.05) is 18.2 Å². The molecule has 2 aromatic carbocycles. The van der Waals surface area contributed by atoms with Crippen molar-refractivity contribution in [2.45, 2.75) is 23.9 Å². The van der Waals surface area contributed by atoms with Gasteiger partial charge in [-0.2, -0.15) is 4.31 Å². The Bertz CT molecular complexity index is 1070.